The standard InChI is InChI=1S/C14H31NO/c1-7-14(3,4)9-8-13(2)12-15(5)10-11-16-6/h13H,7-12H2,1-6H3. The molecule has 0 spiro atoms. The molecule has 0 aliphatic carbocycles. The van der Waals surface area contributed by atoms with E-state index in [1.807, 2.05) is 0 Å². The van der Waals surface area contributed by atoms with Gasteiger partial charge in [0.05, 0.1) is 6.61 Å². The van der Waals surface area contributed by atoms with E-state index in [9.17, 15) is 0 Å². The lowest BCUT2D eigenvalue weighted by molar-refractivity contribution is 0.150. The van der Waals surface area contributed by atoms with Gasteiger partial charge in [-0.25, -0.2) is 0 Å². The SMILES string of the molecule is CCC(C)(C)CCC(C)CN(C)CCOC. The molecule has 0 aromatic rings. The van der Waals surface area contributed by atoms with E-state index in [4.69, 9.17) is 4.74 Å². The number of hydrogen-bond donors (Lipinski definition) is 0. The molecule has 2 heteroatoms. The van der Waals surface area contributed by atoms with Crippen molar-refractivity contribution in [2.45, 2.75) is 47.0 Å². The van der Waals surface area contributed by atoms with Crippen LogP contribution in [0.4, 0.5) is 0 Å². The first-order valence-electron chi connectivity index (χ1n) is 6.58. The van der Waals surface area contributed by atoms with Crippen LogP contribution in [-0.4, -0.2) is 38.8 Å². The topological polar surface area (TPSA) is 12.5 Å². The molecule has 0 aromatic carbocycles. The molecule has 0 amide bonds. The molecule has 0 aliphatic rings. The fourth-order valence-corrected chi connectivity index (χ4v) is 1.78. The smallest absolute Gasteiger partial charge is 0.0589 e. The third-order valence-corrected chi connectivity index (χ3v) is 3.57. The van der Waals surface area contributed by atoms with Crippen LogP contribution in [0.15, 0.2) is 0 Å². The van der Waals surface area contributed by atoms with Crippen molar-refractivity contribution in [1.29, 1.82) is 0 Å². The van der Waals surface area contributed by atoms with E-state index in [2.05, 4.69) is 39.6 Å². The van der Waals surface area contributed by atoms with Crippen LogP contribution in [0, 0.1) is 11.3 Å². The van der Waals surface area contributed by atoms with Gasteiger partial charge in [-0.3, -0.25) is 0 Å². The van der Waals surface area contributed by atoms with Gasteiger partial charge in [0.2, 0.25) is 0 Å². The number of nitrogens with zero attached hydrogens (tertiary/aromatic N) is 1. The van der Waals surface area contributed by atoms with Crippen LogP contribution in [0.5, 0.6) is 0 Å². The number of methoxy groups -OCH3 is 1. The van der Waals surface area contributed by atoms with Gasteiger partial charge in [0, 0.05) is 20.2 Å². The normalized spacial score (nSPS) is 14.4. The minimum Gasteiger partial charge on any atom is -0.383 e. The average molecular weight is 229 g/mol. The van der Waals surface area contributed by atoms with E-state index in [0.717, 1.165) is 19.1 Å². The second kappa shape index (κ2) is 8.08. The summed E-state index contributed by atoms with van der Waals surface area (Å²) in [6, 6.07) is 0. The van der Waals surface area contributed by atoms with E-state index in [1.54, 1.807) is 7.11 Å². The van der Waals surface area contributed by atoms with Crippen molar-refractivity contribution < 1.29 is 4.74 Å². The van der Waals surface area contributed by atoms with Crippen LogP contribution in [0.3, 0.4) is 0 Å². The Morgan fingerprint density at radius 1 is 1.31 bits per heavy atom. The van der Waals surface area contributed by atoms with Gasteiger partial charge in [0.25, 0.3) is 0 Å². The van der Waals surface area contributed by atoms with Gasteiger partial charge in [-0.05, 0) is 31.2 Å². The Hall–Kier alpha value is -0.0800. The van der Waals surface area contributed by atoms with Crippen molar-refractivity contribution >= 4 is 0 Å². The van der Waals surface area contributed by atoms with Gasteiger partial charge >= 0.3 is 0 Å². The van der Waals surface area contributed by atoms with Crippen molar-refractivity contribution in [1.82, 2.24) is 4.90 Å². The number of rotatable bonds is 9. The zero-order chi connectivity index (χ0) is 12.6. The lowest BCUT2D eigenvalue weighted by Gasteiger charge is -2.26. The molecule has 0 radical (unpaired) electrons. The Kier molecular flexibility index (Phi) is 8.04. The molecule has 0 rings (SSSR count). The molecular formula is C14H31NO. The van der Waals surface area contributed by atoms with E-state index < -0.39 is 0 Å². The van der Waals surface area contributed by atoms with E-state index in [-0.39, 0.29) is 0 Å². The molecule has 0 N–H and O–H groups in total. The molecule has 16 heavy (non-hydrogen) atoms. The van der Waals surface area contributed by atoms with Crippen LogP contribution >= 0.6 is 0 Å². The highest BCUT2D eigenvalue weighted by atomic mass is 16.5. The fourth-order valence-electron chi connectivity index (χ4n) is 1.78. The summed E-state index contributed by atoms with van der Waals surface area (Å²) >= 11 is 0. The minimum atomic E-state index is 0.513. The molecule has 2 nitrogen and oxygen atoms in total. The molecular weight excluding hydrogens is 198 g/mol. The first kappa shape index (κ1) is 15.9. The first-order valence-corrected chi connectivity index (χ1v) is 6.58. The summed E-state index contributed by atoms with van der Waals surface area (Å²) in [6.45, 7) is 12.4. The zero-order valence-corrected chi connectivity index (χ0v) is 12.2. The summed E-state index contributed by atoms with van der Waals surface area (Å²) < 4.78 is 5.08. The van der Waals surface area contributed by atoms with Crippen molar-refractivity contribution in [3.63, 3.8) is 0 Å². The maximum absolute atomic E-state index is 5.08. The summed E-state index contributed by atoms with van der Waals surface area (Å²) in [6.07, 6.45) is 3.94. The Balaban J connectivity index is 3.69. The quantitative estimate of drug-likeness (QED) is 0.601. The summed E-state index contributed by atoms with van der Waals surface area (Å²) in [4.78, 5) is 2.37. The molecule has 0 heterocycles. The Labute approximate surface area is 102 Å². The maximum atomic E-state index is 5.08. The molecule has 0 saturated heterocycles. The predicted molar refractivity (Wildman–Crippen MR) is 71.8 cm³/mol. The highest BCUT2D eigenvalue weighted by Gasteiger charge is 2.16. The van der Waals surface area contributed by atoms with E-state index >= 15 is 0 Å². The van der Waals surface area contributed by atoms with Gasteiger partial charge in [-0.1, -0.05) is 34.1 Å². The third kappa shape index (κ3) is 8.12. The lowest BCUT2D eigenvalue weighted by atomic mass is 9.83. The van der Waals surface area contributed by atoms with Gasteiger partial charge in [0.1, 0.15) is 0 Å². The zero-order valence-electron chi connectivity index (χ0n) is 12.2. The number of hydrogen-bond acceptors (Lipinski definition) is 2. The van der Waals surface area contributed by atoms with Crippen LogP contribution in [0.1, 0.15) is 47.0 Å². The van der Waals surface area contributed by atoms with Crippen molar-refractivity contribution in [2.24, 2.45) is 11.3 Å². The summed E-state index contributed by atoms with van der Waals surface area (Å²) in [5.41, 5.74) is 0.513. The second-order valence-electron chi connectivity index (χ2n) is 5.92. The van der Waals surface area contributed by atoms with Crippen molar-refractivity contribution in [2.75, 3.05) is 33.9 Å². The monoisotopic (exact) mass is 229 g/mol. The highest BCUT2D eigenvalue weighted by Crippen LogP contribution is 2.28. The average Bonchev–Trinajstić information content (AvgIpc) is 2.24. The minimum absolute atomic E-state index is 0.513. The second-order valence-corrected chi connectivity index (χ2v) is 5.92. The van der Waals surface area contributed by atoms with Crippen molar-refractivity contribution in [3.8, 4) is 0 Å². The lowest BCUT2D eigenvalue weighted by Crippen LogP contribution is -2.28. The number of likely N-dealkylation sites (N-methyl/N-ethyl adjacent to an activating group) is 1. The summed E-state index contributed by atoms with van der Waals surface area (Å²) in [7, 11) is 3.95. The van der Waals surface area contributed by atoms with Crippen LogP contribution in [0.25, 0.3) is 0 Å². The molecule has 98 valence electrons. The van der Waals surface area contributed by atoms with Gasteiger partial charge < -0.3 is 9.64 Å². The first-order chi connectivity index (χ1) is 7.41. The molecule has 1 unspecified atom stereocenters. The Morgan fingerprint density at radius 3 is 2.44 bits per heavy atom. The van der Waals surface area contributed by atoms with Crippen LogP contribution in [-0.2, 0) is 4.74 Å². The summed E-state index contributed by atoms with van der Waals surface area (Å²) in [5.74, 6) is 0.785. The third-order valence-electron chi connectivity index (χ3n) is 3.57. The van der Waals surface area contributed by atoms with Crippen LogP contribution in [0.2, 0.25) is 0 Å². The maximum Gasteiger partial charge on any atom is 0.0589 e. The molecule has 0 aliphatic heterocycles. The molecule has 0 bridgehead atoms. The van der Waals surface area contributed by atoms with E-state index in [0.29, 0.717) is 5.41 Å². The predicted octanol–water partition coefficient (Wildman–Crippen LogP) is 3.42. The molecule has 0 aromatic heterocycles. The highest BCUT2D eigenvalue weighted by molar-refractivity contribution is 4.69. The summed E-state index contributed by atoms with van der Waals surface area (Å²) in [5, 5.41) is 0. The molecule has 0 fully saturated rings. The fraction of sp³-hybridized carbons (Fsp3) is 1.00. The largest absolute Gasteiger partial charge is 0.383 e. The molecule has 0 saturated carbocycles. The van der Waals surface area contributed by atoms with Gasteiger partial charge in [-0.2, -0.15) is 0 Å². The Morgan fingerprint density at radius 2 is 1.94 bits per heavy atom. The Bertz CT molecular complexity index is 168. The van der Waals surface area contributed by atoms with Gasteiger partial charge in [0.15, 0.2) is 0 Å². The van der Waals surface area contributed by atoms with Gasteiger partial charge in [-0.15, -0.1) is 0 Å². The molecule has 1 atom stereocenters. The number of ether oxygens (including phenoxy) is 1. The van der Waals surface area contributed by atoms with Crippen LogP contribution < -0.4 is 0 Å². The van der Waals surface area contributed by atoms with E-state index in [1.165, 1.54) is 25.8 Å². The van der Waals surface area contributed by atoms with Crippen molar-refractivity contribution in [3.05, 3.63) is 0 Å².